The summed E-state index contributed by atoms with van der Waals surface area (Å²) in [5, 5.41) is 9.01. The third kappa shape index (κ3) is 1.58. The van der Waals surface area contributed by atoms with Crippen LogP contribution in [-0.4, -0.2) is 23.7 Å². The first-order valence-electron chi connectivity index (χ1n) is 5.19. The van der Waals surface area contributed by atoms with Gasteiger partial charge in [0.2, 0.25) is 0 Å². The van der Waals surface area contributed by atoms with E-state index in [4.69, 9.17) is 5.11 Å². The lowest BCUT2D eigenvalue weighted by Gasteiger charge is -2.24. The molecule has 0 amide bonds. The third-order valence-electron chi connectivity index (χ3n) is 3.07. The van der Waals surface area contributed by atoms with Crippen molar-refractivity contribution in [1.29, 1.82) is 0 Å². The van der Waals surface area contributed by atoms with E-state index >= 15 is 0 Å². The van der Waals surface area contributed by atoms with E-state index in [0.717, 1.165) is 12.2 Å². The van der Waals surface area contributed by atoms with Gasteiger partial charge in [-0.2, -0.15) is 0 Å². The standard InChI is InChI=1S/C12H15NO2/c1-8-7-13(9(2)12(14)15)11-6-4-3-5-10(8)11/h3-6,8-9H,7H2,1-2H3,(H,14,15)/t8-,9-/m0/s1. The highest BCUT2D eigenvalue weighted by Crippen LogP contribution is 2.36. The summed E-state index contributed by atoms with van der Waals surface area (Å²) in [6.45, 7) is 4.66. The van der Waals surface area contributed by atoms with Crippen molar-refractivity contribution in [2.75, 3.05) is 11.4 Å². The Morgan fingerprint density at radius 2 is 2.20 bits per heavy atom. The Kier molecular flexibility index (Phi) is 2.39. The van der Waals surface area contributed by atoms with Crippen LogP contribution < -0.4 is 4.90 Å². The quantitative estimate of drug-likeness (QED) is 0.803. The van der Waals surface area contributed by atoms with Gasteiger partial charge in [-0.3, -0.25) is 0 Å². The van der Waals surface area contributed by atoms with Gasteiger partial charge in [0.15, 0.2) is 0 Å². The molecule has 2 atom stereocenters. The van der Waals surface area contributed by atoms with Crippen molar-refractivity contribution in [2.24, 2.45) is 0 Å². The summed E-state index contributed by atoms with van der Waals surface area (Å²) in [6, 6.07) is 7.59. The van der Waals surface area contributed by atoms with Gasteiger partial charge in [0.25, 0.3) is 0 Å². The van der Waals surface area contributed by atoms with Gasteiger partial charge in [-0.15, -0.1) is 0 Å². The number of anilines is 1. The Morgan fingerprint density at radius 1 is 1.53 bits per heavy atom. The maximum absolute atomic E-state index is 11.0. The van der Waals surface area contributed by atoms with Gasteiger partial charge in [0.05, 0.1) is 0 Å². The summed E-state index contributed by atoms with van der Waals surface area (Å²) in [7, 11) is 0. The summed E-state index contributed by atoms with van der Waals surface area (Å²) in [4.78, 5) is 12.9. The minimum absolute atomic E-state index is 0.419. The minimum atomic E-state index is -0.765. The van der Waals surface area contributed by atoms with E-state index in [-0.39, 0.29) is 0 Å². The molecule has 3 nitrogen and oxygen atoms in total. The highest BCUT2D eigenvalue weighted by molar-refractivity contribution is 5.79. The molecule has 1 aliphatic rings. The molecule has 80 valence electrons. The van der Waals surface area contributed by atoms with E-state index in [9.17, 15) is 4.79 Å². The van der Waals surface area contributed by atoms with Crippen LogP contribution in [-0.2, 0) is 4.79 Å². The van der Waals surface area contributed by atoms with E-state index in [1.165, 1.54) is 5.56 Å². The monoisotopic (exact) mass is 205 g/mol. The molecule has 1 aliphatic heterocycles. The normalized spacial score (nSPS) is 21.2. The zero-order valence-electron chi connectivity index (χ0n) is 8.97. The molecule has 3 heteroatoms. The Morgan fingerprint density at radius 3 is 2.87 bits per heavy atom. The summed E-state index contributed by atoms with van der Waals surface area (Å²) >= 11 is 0. The van der Waals surface area contributed by atoms with Crippen molar-refractivity contribution >= 4 is 11.7 Å². The van der Waals surface area contributed by atoms with Crippen molar-refractivity contribution in [3.8, 4) is 0 Å². The van der Waals surface area contributed by atoms with Gasteiger partial charge >= 0.3 is 5.97 Å². The number of nitrogens with zero attached hydrogens (tertiary/aromatic N) is 1. The highest BCUT2D eigenvalue weighted by Gasteiger charge is 2.30. The summed E-state index contributed by atoms with van der Waals surface area (Å²) in [5.41, 5.74) is 2.32. The first kappa shape index (κ1) is 10.0. The lowest BCUT2D eigenvalue weighted by molar-refractivity contribution is -0.138. The molecular weight excluding hydrogens is 190 g/mol. The second-order valence-electron chi connectivity index (χ2n) is 4.13. The number of carboxylic acids is 1. The van der Waals surface area contributed by atoms with Crippen molar-refractivity contribution in [3.05, 3.63) is 29.8 Å². The van der Waals surface area contributed by atoms with Gasteiger partial charge in [-0.05, 0) is 18.6 Å². The molecule has 0 bridgehead atoms. The van der Waals surface area contributed by atoms with Gasteiger partial charge in [-0.1, -0.05) is 25.1 Å². The SMILES string of the molecule is C[C@H]1CN([C@@H](C)C(=O)O)c2ccccc21. The first-order chi connectivity index (χ1) is 7.11. The van der Waals surface area contributed by atoms with Crippen LogP contribution in [0.4, 0.5) is 5.69 Å². The fourth-order valence-electron chi connectivity index (χ4n) is 2.16. The molecule has 0 saturated carbocycles. The molecule has 1 aromatic rings. The van der Waals surface area contributed by atoms with Crippen LogP contribution in [0.15, 0.2) is 24.3 Å². The number of hydrogen-bond donors (Lipinski definition) is 1. The van der Waals surface area contributed by atoms with Crippen LogP contribution >= 0.6 is 0 Å². The van der Waals surface area contributed by atoms with E-state index in [2.05, 4.69) is 13.0 Å². The second kappa shape index (κ2) is 3.57. The van der Waals surface area contributed by atoms with E-state index in [1.54, 1.807) is 6.92 Å². The van der Waals surface area contributed by atoms with Crippen molar-refractivity contribution in [1.82, 2.24) is 0 Å². The number of benzene rings is 1. The van der Waals surface area contributed by atoms with E-state index in [1.807, 2.05) is 23.1 Å². The van der Waals surface area contributed by atoms with Gasteiger partial charge in [-0.25, -0.2) is 4.79 Å². The molecular formula is C12H15NO2. The number of para-hydroxylation sites is 1. The Labute approximate surface area is 89.3 Å². The van der Waals surface area contributed by atoms with Gasteiger partial charge in [0, 0.05) is 18.2 Å². The molecule has 0 aliphatic carbocycles. The number of carboxylic acid groups (broad SMARTS) is 1. The second-order valence-corrected chi connectivity index (χ2v) is 4.13. The topological polar surface area (TPSA) is 40.5 Å². The molecule has 0 aromatic heterocycles. The highest BCUT2D eigenvalue weighted by atomic mass is 16.4. The average molecular weight is 205 g/mol. The molecule has 0 saturated heterocycles. The third-order valence-corrected chi connectivity index (χ3v) is 3.07. The van der Waals surface area contributed by atoms with Crippen molar-refractivity contribution in [3.63, 3.8) is 0 Å². The van der Waals surface area contributed by atoms with Crippen LogP contribution in [0.25, 0.3) is 0 Å². The molecule has 1 heterocycles. The van der Waals surface area contributed by atoms with Gasteiger partial charge in [0.1, 0.15) is 6.04 Å². The average Bonchev–Trinajstić information content (AvgIpc) is 2.56. The molecule has 15 heavy (non-hydrogen) atoms. The van der Waals surface area contributed by atoms with Crippen molar-refractivity contribution < 1.29 is 9.90 Å². The van der Waals surface area contributed by atoms with Gasteiger partial charge < -0.3 is 10.0 Å². The Balaban J connectivity index is 2.36. The molecule has 0 spiro atoms. The van der Waals surface area contributed by atoms with Crippen LogP contribution in [0.5, 0.6) is 0 Å². The number of fused-ring (bicyclic) bond motifs is 1. The first-order valence-corrected chi connectivity index (χ1v) is 5.19. The molecule has 0 radical (unpaired) electrons. The fraction of sp³-hybridized carbons (Fsp3) is 0.417. The zero-order valence-corrected chi connectivity index (χ0v) is 8.97. The van der Waals surface area contributed by atoms with Crippen LogP contribution in [0.1, 0.15) is 25.3 Å². The summed E-state index contributed by atoms with van der Waals surface area (Å²) < 4.78 is 0. The van der Waals surface area contributed by atoms with Crippen molar-refractivity contribution in [2.45, 2.75) is 25.8 Å². The van der Waals surface area contributed by atoms with Crippen LogP contribution in [0.3, 0.4) is 0 Å². The number of aliphatic carboxylic acids is 1. The number of hydrogen-bond acceptors (Lipinski definition) is 2. The Bertz CT molecular complexity index is 389. The fourth-order valence-corrected chi connectivity index (χ4v) is 2.16. The predicted molar refractivity (Wildman–Crippen MR) is 59.3 cm³/mol. The maximum Gasteiger partial charge on any atom is 0.326 e. The zero-order chi connectivity index (χ0) is 11.0. The molecule has 0 fully saturated rings. The molecule has 1 N–H and O–H groups in total. The largest absolute Gasteiger partial charge is 0.480 e. The van der Waals surface area contributed by atoms with E-state index in [0.29, 0.717) is 5.92 Å². The number of carbonyl (C=O) groups is 1. The number of rotatable bonds is 2. The van der Waals surface area contributed by atoms with Crippen LogP contribution in [0.2, 0.25) is 0 Å². The summed E-state index contributed by atoms with van der Waals surface area (Å²) in [6.07, 6.45) is 0. The molecule has 1 aromatic carbocycles. The van der Waals surface area contributed by atoms with E-state index < -0.39 is 12.0 Å². The lowest BCUT2D eigenvalue weighted by Crippen LogP contribution is -2.38. The summed E-state index contributed by atoms with van der Waals surface area (Å²) in [5.74, 6) is -0.345. The lowest BCUT2D eigenvalue weighted by atomic mass is 10.0. The predicted octanol–water partition coefficient (Wildman–Crippen LogP) is 2.08. The molecule has 2 rings (SSSR count). The molecule has 0 unspecified atom stereocenters. The smallest absolute Gasteiger partial charge is 0.326 e. The van der Waals surface area contributed by atoms with Crippen LogP contribution in [0, 0.1) is 0 Å². The Hall–Kier alpha value is -1.51. The minimum Gasteiger partial charge on any atom is -0.480 e. The maximum atomic E-state index is 11.0.